The largest absolute Gasteiger partial charge is 0.497 e. The maximum atomic E-state index is 5.10. The molecule has 2 rings (SSSR count). The fourth-order valence-corrected chi connectivity index (χ4v) is 1.36. The molecule has 0 radical (unpaired) electrons. The Kier molecular flexibility index (Phi) is 4.51. The van der Waals surface area contributed by atoms with Crippen LogP contribution in [-0.2, 0) is 19.5 Å². The number of hydrogen-bond acceptors (Lipinski definition) is 1. The van der Waals surface area contributed by atoms with Crippen molar-refractivity contribution in [1.82, 2.24) is 0 Å². The first-order valence-electron chi connectivity index (χ1n) is 4.51. The Balaban J connectivity index is 0.00000112. The van der Waals surface area contributed by atoms with Gasteiger partial charge in [-0.15, -0.1) is 5.56 Å². The van der Waals surface area contributed by atoms with E-state index in [1.165, 1.54) is 11.1 Å². The molecule has 0 aliphatic heterocycles. The van der Waals surface area contributed by atoms with E-state index >= 15 is 0 Å². The second kappa shape index (κ2) is 5.67. The fourth-order valence-electron chi connectivity index (χ4n) is 1.36. The summed E-state index contributed by atoms with van der Waals surface area (Å²) < 4.78 is 5.10. The third kappa shape index (κ3) is 2.90. The second-order valence-electron chi connectivity index (χ2n) is 3.02. The van der Waals surface area contributed by atoms with Gasteiger partial charge in [0.2, 0.25) is 0 Å². The molecule has 72 valence electrons. The van der Waals surface area contributed by atoms with Crippen molar-refractivity contribution in [1.29, 1.82) is 0 Å². The maximum Gasteiger partial charge on any atom is 0.118 e. The molecule has 0 saturated carbocycles. The monoisotopic (exact) mass is 247 g/mol. The van der Waals surface area contributed by atoms with Crippen LogP contribution in [0, 0.1) is 6.07 Å². The Labute approximate surface area is 103 Å². The van der Waals surface area contributed by atoms with E-state index in [0.717, 1.165) is 5.75 Å². The normalized spacial score (nSPS) is 9.13. The first-order valence-corrected chi connectivity index (χ1v) is 4.51. The molecular weight excluding hydrogens is 238 g/mol. The van der Waals surface area contributed by atoms with Gasteiger partial charge in [-0.25, -0.2) is 0 Å². The summed E-state index contributed by atoms with van der Waals surface area (Å²) in [6.07, 6.45) is 0. The first kappa shape index (κ1) is 11.9. The zero-order valence-electron chi connectivity index (χ0n) is 8.73. The average molecular weight is 249 g/mol. The van der Waals surface area contributed by atoms with E-state index in [4.69, 9.17) is 4.74 Å². The van der Waals surface area contributed by atoms with Gasteiger partial charge in [-0.3, -0.25) is 0 Å². The molecule has 0 unspecified atom stereocenters. The molecule has 2 heteroatoms. The average Bonchev–Trinajstić information content (AvgIpc) is 2.30. The van der Waals surface area contributed by atoms with E-state index in [1.54, 1.807) is 7.11 Å². The summed E-state index contributed by atoms with van der Waals surface area (Å²) >= 11 is 0. The Bertz CT molecular complexity index is 395. The predicted octanol–water partition coefficient (Wildman–Crippen LogP) is 3.16. The molecule has 2 aromatic carbocycles. The summed E-state index contributed by atoms with van der Waals surface area (Å²) in [5.74, 6) is 0.885. The molecule has 0 N–H and O–H groups in total. The molecule has 1 nitrogen and oxygen atoms in total. The Morgan fingerprint density at radius 1 is 0.867 bits per heavy atom. The maximum absolute atomic E-state index is 5.10. The van der Waals surface area contributed by atoms with Crippen LogP contribution in [0.15, 0.2) is 48.5 Å². The van der Waals surface area contributed by atoms with Gasteiger partial charge in [0, 0.05) is 19.5 Å². The fraction of sp³-hybridized carbons (Fsp3) is 0.0769. The van der Waals surface area contributed by atoms with Crippen molar-refractivity contribution in [2.24, 2.45) is 0 Å². The Morgan fingerprint density at radius 3 is 1.93 bits per heavy atom. The van der Waals surface area contributed by atoms with Gasteiger partial charge in [0.15, 0.2) is 0 Å². The van der Waals surface area contributed by atoms with Crippen molar-refractivity contribution < 1.29 is 24.2 Å². The van der Waals surface area contributed by atoms with Gasteiger partial charge in [-0.2, -0.15) is 30.3 Å². The quantitative estimate of drug-likeness (QED) is 0.586. The summed E-state index contributed by atoms with van der Waals surface area (Å²) in [7, 11) is 1.67. The van der Waals surface area contributed by atoms with Gasteiger partial charge in [0.05, 0.1) is 7.11 Å². The van der Waals surface area contributed by atoms with Crippen LogP contribution in [-0.4, -0.2) is 7.11 Å². The predicted molar refractivity (Wildman–Crippen MR) is 57.3 cm³/mol. The third-order valence-electron chi connectivity index (χ3n) is 2.14. The number of hydrogen-bond donors (Lipinski definition) is 0. The van der Waals surface area contributed by atoms with Crippen molar-refractivity contribution in [3.05, 3.63) is 54.6 Å². The van der Waals surface area contributed by atoms with Crippen LogP contribution in [0.5, 0.6) is 5.75 Å². The van der Waals surface area contributed by atoms with E-state index in [0.29, 0.717) is 0 Å². The molecule has 0 aromatic heterocycles. The number of methoxy groups -OCH3 is 1. The van der Waals surface area contributed by atoms with Crippen LogP contribution in [0.1, 0.15) is 0 Å². The van der Waals surface area contributed by atoms with Gasteiger partial charge in [0.1, 0.15) is 5.75 Å². The molecule has 0 saturated heterocycles. The summed E-state index contributed by atoms with van der Waals surface area (Å²) in [6, 6.07) is 18.9. The second-order valence-corrected chi connectivity index (χ2v) is 3.02. The van der Waals surface area contributed by atoms with Crippen molar-refractivity contribution in [3.8, 4) is 16.9 Å². The molecule has 0 heterocycles. The van der Waals surface area contributed by atoms with Crippen molar-refractivity contribution in [2.45, 2.75) is 0 Å². The van der Waals surface area contributed by atoms with E-state index in [-0.39, 0.29) is 19.5 Å². The summed E-state index contributed by atoms with van der Waals surface area (Å²) in [5.41, 5.74) is 2.39. The summed E-state index contributed by atoms with van der Waals surface area (Å²) in [6.45, 7) is 0. The van der Waals surface area contributed by atoms with Gasteiger partial charge in [-0.05, 0) is 17.7 Å². The first-order chi connectivity index (χ1) is 6.90. The van der Waals surface area contributed by atoms with Crippen LogP contribution in [0.25, 0.3) is 11.1 Å². The van der Waals surface area contributed by atoms with Gasteiger partial charge >= 0.3 is 0 Å². The van der Waals surface area contributed by atoms with Crippen LogP contribution in [0.2, 0.25) is 0 Å². The third-order valence-corrected chi connectivity index (χ3v) is 2.14. The molecule has 0 aliphatic carbocycles. The molecule has 0 atom stereocenters. The van der Waals surface area contributed by atoms with Gasteiger partial charge in [-0.1, -0.05) is 12.1 Å². The zero-order valence-corrected chi connectivity index (χ0v) is 11.7. The number of benzene rings is 2. The van der Waals surface area contributed by atoms with Gasteiger partial charge < -0.3 is 4.74 Å². The van der Waals surface area contributed by atoms with Crippen molar-refractivity contribution >= 4 is 0 Å². The summed E-state index contributed by atoms with van der Waals surface area (Å²) in [5, 5.41) is 0. The van der Waals surface area contributed by atoms with E-state index < -0.39 is 0 Å². The van der Waals surface area contributed by atoms with E-state index in [2.05, 4.69) is 6.07 Å². The molecule has 0 fully saturated rings. The molecule has 15 heavy (non-hydrogen) atoms. The van der Waals surface area contributed by atoms with Crippen molar-refractivity contribution in [3.63, 3.8) is 0 Å². The standard InChI is InChI=1S/C13H11O.Zn/c1-14-13-9-7-12(8-10-13)11-5-3-2-4-6-11;/h3-10H,1H3;/q-1;. The van der Waals surface area contributed by atoms with Crippen LogP contribution in [0.3, 0.4) is 0 Å². The van der Waals surface area contributed by atoms with E-state index in [1.807, 2.05) is 48.5 Å². The molecule has 0 bridgehead atoms. The van der Waals surface area contributed by atoms with E-state index in [9.17, 15) is 0 Å². The minimum Gasteiger partial charge on any atom is -0.497 e. The van der Waals surface area contributed by atoms with Crippen molar-refractivity contribution in [2.75, 3.05) is 7.11 Å². The molecule has 2 aromatic rings. The Hall–Kier alpha value is -1.14. The van der Waals surface area contributed by atoms with Crippen LogP contribution < -0.4 is 4.74 Å². The zero-order chi connectivity index (χ0) is 9.80. The minimum absolute atomic E-state index is 0. The topological polar surface area (TPSA) is 9.23 Å². The Morgan fingerprint density at radius 2 is 1.40 bits per heavy atom. The molecule has 0 amide bonds. The minimum atomic E-state index is 0. The SMILES string of the molecule is COc1ccc(-c2cc[c-]cc2)cc1.[Zn]. The molecule has 0 spiro atoms. The number of ether oxygens (including phenoxy) is 1. The summed E-state index contributed by atoms with van der Waals surface area (Å²) in [4.78, 5) is 0. The molecular formula is C13H11OZn-. The smallest absolute Gasteiger partial charge is 0.118 e. The van der Waals surface area contributed by atoms with Crippen LogP contribution >= 0.6 is 0 Å². The number of rotatable bonds is 2. The van der Waals surface area contributed by atoms with Gasteiger partial charge in [0.25, 0.3) is 0 Å². The van der Waals surface area contributed by atoms with Crippen LogP contribution in [0.4, 0.5) is 0 Å². The molecule has 0 aliphatic rings.